The van der Waals surface area contributed by atoms with Crippen LogP contribution in [0.15, 0.2) is 30.3 Å². The molecule has 27 heavy (non-hydrogen) atoms. The molecule has 0 aliphatic heterocycles. The van der Waals surface area contributed by atoms with Crippen molar-refractivity contribution >= 4 is 34.8 Å². The maximum atomic E-state index is 12.5. The van der Waals surface area contributed by atoms with Gasteiger partial charge in [-0.1, -0.05) is 61.9 Å². The van der Waals surface area contributed by atoms with E-state index >= 15 is 0 Å². The number of hydrogen-bond acceptors (Lipinski definition) is 2. The molecular formula is C22H27Cl2NO2. The summed E-state index contributed by atoms with van der Waals surface area (Å²) in [6, 6.07) is 8.97. The second-order valence-electron chi connectivity index (χ2n) is 6.78. The van der Waals surface area contributed by atoms with E-state index in [2.05, 4.69) is 12.2 Å². The molecule has 0 aliphatic rings. The third kappa shape index (κ3) is 6.44. The van der Waals surface area contributed by atoms with Crippen molar-refractivity contribution in [2.45, 2.75) is 52.9 Å². The Hall–Kier alpha value is -1.71. The highest BCUT2D eigenvalue weighted by molar-refractivity contribution is 6.37. The molecule has 2 aromatic carbocycles. The molecule has 0 spiro atoms. The zero-order chi connectivity index (χ0) is 19.8. The van der Waals surface area contributed by atoms with Crippen LogP contribution in [0, 0.1) is 13.8 Å². The van der Waals surface area contributed by atoms with Crippen LogP contribution < -0.4 is 10.1 Å². The van der Waals surface area contributed by atoms with Gasteiger partial charge in [-0.25, -0.2) is 0 Å². The maximum Gasteiger partial charge on any atom is 0.255 e. The highest BCUT2D eigenvalue weighted by Gasteiger charge is 2.14. The van der Waals surface area contributed by atoms with Crippen LogP contribution in [0.5, 0.6) is 5.75 Å². The molecule has 2 rings (SSSR count). The Balaban J connectivity index is 1.99. The summed E-state index contributed by atoms with van der Waals surface area (Å²) in [5.41, 5.74) is 3.43. The first-order valence-corrected chi connectivity index (χ1v) is 10.2. The molecule has 0 heterocycles. The molecule has 146 valence electrons. The van der Waals surface area contributed by atoms with Crippen molar-refractivity contribution in [3.05, 3.63) is 57.1 Å². The molecule has 5 heteroatoms. The number of halogens is 2. The van der Waals surface area contributed by atoms with E-state index in [4.69, 9.17) is 27.9 Å². The third-order valence-electron chi connectivity index (χ3n) is 4.52. The number of nitrogens with one attached hydrogen (secondary N) is 1. The second-order valence-corrected chi connectivity index (χ2v) is 7.60. The minimum absolute atomic E-state index is 0.256. The fraction of sp³-hybridized carbons (Fsp3) is 0.409. The fourth-order valence-electron chi connectivity index (χ4n) is 2.73. The summed E-state index contributed by atoms with van der Waals surface area (Å²) in [5.74, 6) is 0.185. The van der Waals surface area contributed by atoms with Crippen LogP contribution in [0.25, 0.3) is 0 Å². The lowest BCUT2D eigenvalue weighted by Gasteiger charge is -2.12. The van der Waals surface area contributed by atoms with Crippen LogP contribution in [-0.2, 0) is 0 Å². The first-order valence-electron chi connectivity index (χ1n) is 9.42. The van der Waals surface area contributed by atoms with Crippen LogP contribution in [0.4, 0.5) is 5.69 Å². The zero-order valence-corrected chi connectivity index (χ0v) is 17.7. The number of anilines is 1. The smallest absolute Gasteiger partial charge is 0.255 e. The van der Waals surface area contributed by atoms with Crippen molar-refractivity contribution in [2.75, 3.05) is 11.9 Å². The molecule has 0 saturated heterocycles. The number of unbranched alkanes of at least 4 members (excludes halogenated alkanes) is 4. The second kappa shape index (κ2) is 10.6. The fourth-order valence-corrected chi connectivity index (χ4v) is 3.33. The monoisotopic (exact) mass is 407 g/mol. The van der Waals surface area contributed by atoms with E-state index in [0.29, 0.717) is 28.0 Å². The lowest BCUT2D eigenvalue weighted by Crippen LogP contribution is -2.12. The average Bonchev–Trinajstić information content (AvgIpc) is 2.62. The summed E-state index contributed by atoms with van der Waals surface area (Å²) in [6.07, 6.45) is 5.75. The Bertz CT molecular complexity index is 767. The minimum Gasteiger partial charge on any atom is -0.490 e. The van der Waals surface area contributed by atoms with Gasteiger partial charge in [-0.15, -0.1) is 0 Å². The van der Waals surface area contributed by atoms with Crippen LogP contribution in [0.2, 0.25) is 10.0 Å². The molecule has 3 nitrogen and oxygen atoms in total. The van der Waals surface area contributed by atoms with Gasteiger partial charge in [-0.05, 0) is 55.7 Å². The molecule has 0 aromatic heterocycles. The van der Waals surface area contributed by atoms with E-state index in [0.717, 1.165) is 24.1 Å². The number of rotatable bonds is 9. The van der Waals surface area contributed by atoms with Gasteiger partial charge in [0, 0.05) is 11.3 Å². The predicted octanol–water partition coefficient (Wildman–Crippen LogP) is 7.21. The number of ether oxygens (including phenoxy) is 1. The van der Waals surface area contributed by atoms with Crippen molar-refractivity contribution in [3.8, 4) is 5.75 Å². The number of amides is 1. The predicted molar refractivity (Wildman–Crippen MR) is 115 cm³/mol. The normalized spacial score (nSPS) is 10.7. The van der Waals surface area contributed by atoms with Gasteiger partial charge in [0.2, 0.25) is 0 Å². The molecular weight excluding hydrogens is 381 g/mol. The highest BCUT2D eigenvalue weighted by atomic mass is 35.5. The summed E-state index contributed by atoms with van der Waals surface area (Å²) in [4.78, 5) is 12.5. The standard InChI is InChI=1S/C22H27Cl2NO2/c1-4-5-6-7-8-11-27-21-19(23)13-17(14-20(21)24)22(26)25-18-10-9-15(2)16(3)12-18/h9-10,12-14H,4-8,11H2,1-3H3,(H,25,26). The van der Waals surface area contributed by atoms with E-state index in [1.807, 2.05) is 32.0 Å². The Kier molecular flexibility index (Phi) is 8.46. The molecule has 0 aliphatic carbocycles. The Morgan fingerprint density at radius 1 is 0.963 bits per heavy atom. The lowest BCUT2D eigenvalue weighted by molar-refractivity contribution is 0.102. The summed E-state index contributed by atoms with van der Waals surface area (Å²) in [6.45, 7) is 6.79. The van der Waals surface area contributed by atoms with Crippen LogP contribution in [-0.4, -0.2) is 12.5 Å². The van der Waals surface area contributed by atoms with E-state index in [1.165, 1.54) is 24.8 Å². The van der Waals surface area contributed by atoms with Gasteiger partial charge in [0.05, 0.1) is 16.7 Å². The van der Waals surface area contributed by atoms with E-state index in [-0.39, 0.29) is 5.91 Å². The quantitative estimate of drug-likeness (QED) is 0.445. The zero-order valence-electron chi connectivity index (χ0n) is 16.2. The molecule has 0 fully saturated rings. The van der Waals surface area contributed by atoms with E-state index in [9.17, 15) is 4.79 Å². The molecule has 0 unspecified atom stereocenters. The first-order chi connectivity index (χ1) is 12.9. The van der Waals surface area contributed by atoms with Gasteiger partial charge in [0.15, 0.2) is 5.75 Å². The van der Waals surface area contributed by atoms with Crippen LogP contribution in [0.3, 0.4) is 0 Å². The highest BCUT2D eigenvalue weighted by Crippen LogP contribution is 2.34. The Morgan fingerprint density at radius 3 is 2.26 bits per heavy atom. The summed E-state index contributed by atoms with van der Waals surface area (Å²) < 4.78 is 5.73. The van der Waals surface area contributed by atoms with Crippen molar-refractivity contribution < 1.29 is 9.53 Å². The lowest BCUT2D eigenvalue weighted by atomic mass is 10.1. The van der Waals surface area contributed by atoms with Gasteiger partial charge in [0.1, 0.15) is 0 Å². The van der Waals surface area contributed by atoms with Crippen LogP contribution in [0.1, 0.15) is 60.5 Å². The van der Waals surface area contributed by atoms with Crippen molar-refractivity contribution in [1.29, 1.82) is 0 Å². The van der Waals surface area contributed by atoms with Crippen molar-refractivity contribution in [2.24, 2.45) is 0 Å². The van der Waals surface area contributed by atoms with Gasteiger partial charge in [-0.2, -0.15) is 0 Å². The molecule has 2 aromatic rings. The summed E-state index contributed by atoms with van der Waals surface area (Å²) >= 11 is 12.6. The molecule has 1 amide bonds. The number of carbonyl (C=O) groups excluding carboxylic acids is 1. The Labute approximate surface area is 172 Å². The first kappa shape index (κ1) is 21.6. The molecule has 0 bridgehead atoms. The van der Waals surface area contributed by atoms with Crippen molar-refractivity contribution in [3.63, 3.8) is 0 Å². The largest absolute Gasteiger partial charge is 0.490 e. The van der Waals surface area contributed by atoms with Gasteiger partial charge < -0.3 is 10.1 Å². The van der Waals surface area contributed by atoms with Crippen LogP contribution >= 0.6 is 23.2 Å². The SMILES string of the molecule is CCCCCCCOc1c(Cl)cc(C(=O)Nc2ccc(C)c(C)c2)cc1Cl. The van der Waals surface area contributed by atoms with Gasteiger partial charge in [-0.3, -0.25) is 4.79 Å². The van der Waals surface area contributed by atoms with E-state index < -0.39 is 0 Å². The molecule has 0 atom stereocenters. The summed E-state index contributed by atoms with van der Waals surface area (Å²) in [7, 11) is 0. The van der Waals surface area contributed by atoms with Gasteiger partial charge >= 0.3 is 0 Å². The number of hydrogen-bond donors (Lipinski definition) is 1. The summed E-state index contributed by atoms with van der Waals surface area (Å²) in [5, 5.41) is 3.57. The van der Waals surface area contributed by atoms with Gasteiger partial charge in [0.25, 0.3) is 5.91 Å². The minimum atomic E-state index is -0.256. The van der Waals surface area contributed by atoms with Crippen molar-refractivity contribution in [1.82, 2.24) is 0 Å². The molecule has 0 saturated carbocycles. The Morgan fingerprint density at radius 2 is 1.63 bits per heavy atom. The topological polar surface area (TPSA) is 38.3 Å². The number of aryl methyl sites for hydroxylation is 2. The molecule has 1 N–H and O–H groups in total. The average molecular weight is 408 g/mol. The number of benzene rings is 2. The maximum absolute atomic E-state index is 12.5. The van der Waals surface area contributed by atoms with E-state index in [1.54, 1.807) is 12.1 Å². The number of carbonyl (C=O) groups is 1. The third-order valence-corrected chi connectivity index (χ3v) is 5.08. The molecule has 0 radical (unpaired) electrons.